The molecule has 1 heterocycles. The van der Waals surface area contributed by atoms with Crippen LogP contribution in [0.5, 0.6) is 0 Å². The molecule has 0 N–H and O–H groups in total. The zero-order valence-electron chi connectivity index (χ0n) is 14.1. The highest BCUT2D eigenvalue weighted by Gasteiger charge is 2.17. The number of hydrogen-bond donors (Lipinski definition) is 0. The third-order valence-corrected chi connectivity index (χ3v) is 3.91. The number of rotatable bonds is 7. The molecule has 0 atom stereocenters. The fourth-order valence-corrected chi connectivity index (χ4v) is 2.61. The number of nitrogens with zero attached hydrogens (tertiary/aromatic N) is 4. The second-order valence-electron chi connectivity index (χ2n) is 5.87. The average Bonchev–Trinajstić information content (AvgIpc) is 3.12. The second kappa shape index (κ2) is 8.06. The summed E-state index contributed by atoms with van der Waals surface area (Å²) in [5.41, 5.74) is 1.90. The lowest BCUT2D eigenvalue weighted by Gasteiger charge is -2.23. The Labute approximate surface area is 150 Å². The van der Waals surface area contributed by atoms with E-state index in [1.165, 1.54) is 10.9 Å². The molecule has 7 heteroatoms. The molecule has 3 rings (SSSR count). The van der Waals surface area contributed by atoms with Gasteiger partial charge < -0.3 is 4.90 Å². The topological polar surface area (TPSA) is 81.3 Å². The van der Waals surface area contributed by atoms with Gasteiger partial charge in [-0.25, -0.2) is 0 Å². The summed E-state index contributed by atoms with van der Waals surface area (Å²) >= 11 is 0. The third-order valence-electron chi connectivity index (χ3n) is 3.91. The fourth-order valence-electron chi connectivity index (χ4n) is 2.61. The van der Waals surface area contributed by atoms with Crippen LogP contribution in [0.4, 0.5) is 5.69 Å². The third kappa shape index (κ3) is 4.54. The SMILES string of the molecule is O=C(Cn1cc([N+](=O)[O-])cn1)N(Cc1ccccc1)Cc1ccccc1. The minimum atomic E-state index is -0.528. The lowest BCUT2D eigenvalue weighted by Crippen LogP contribution is -2.33. The molecule has 0 radical (unpaired) electrons. The van der Waals surface area contributed by atoms with E-state index >= 15 is 0 Å². The Morgan fingerprint density at radius 3 is 2.00 bits per heavy atom. The number of carbonyl (C=O) groups excluding carboxylic acids is 1. The normalized spacial score (nSPS) is 10.5. The van der Waals surface area contributed by atoms with Gasteiger partial charge >= 0.3 is 5.69 Å². The van der Waals surface area contributed by atoms with Gasteiger partial charge in [-0.05, 0) is 11.1 Å². The summed E-state index contributed by atoms with van der Waals surface area (Å²) in [6, 6.07) is 19.4. The van der Waals surface area contributed by atoms with Crippen molar-refractivity contribution >= 4 is 11.6 Å². The molecule has 0 saturated heterocycles. The quantitative estimate of drug-likeness (QED) is 0.484. The Morgan fingerprint density at radius 2 is 1.54 bits per heavy atom. The molecule has 26 heavy (non-hydrogen) atoms. The Balaban J connectivity index is 1.76. The van der Waals surface area contributed by atoms with Crippen LogP contribution in [-0.4, -0.2) is 25.5 Å². The van der Waals surface area contributed by atoms with E-state index in [0.717, 1.165) is 17.3 Å². The molecule has 0 aliphatic carbocycles. The number of aromatic nitrogens is 2. The smallest absolute Gasteiger partial charge is 0.307 e. The molecule has 1 amide bonds. The van der Waals surface area contributed by atoms with Crippen molar-refractivity contribution in [3.05, 3.63) is 94.3 Å². The van der Waals surface area contributed by atoms with Crippen LogP contribution in [-0.2, 0) is 24.4 Å². The van der Waals surface area contributed by atoms with Crippen LogP contribution in [0, 0.1) is 10.1 Å². The van der Waals surface area contributed by atoms with E-state index in [2.05, 4.69) is 5.10 Å². The number of nitro groups is 1. The van der Waals surface area contributed by atoms with E-state index in [1.54, 1.807) is 4.90 Å². The average molecular weight is 350 g/mol. The van der Waals surface area contributed by atoms with Crippen LogP contribution in [0.3, 0.4) is 0 Å². The summed E-state index contributed by atoms with van der Waals surface area (Å²) < 4.78 is 1.30. The van der Waals surface area contributed by atoms with Crippen molar-refractivity contribution in [3.8, 4) is 0 Å². The van der Waals surface area contributed by atoms with Crippen molar-refractivity contribution in [2.45, 2.75) is 19.6 Å². The highest BCUT2D eigenvalue weighted by atomic mass is 16.6. The predicted molar refractivity (Wildman–Crippen MR) is 96.0 cm³/mol. The van der Waals surface area contributed by atoms with E-state index < -0.39 is 4.92 Å². The van der Waals surface area contributed by atoms with Gasteiger partial charge in [0.25, 0.3) is 0 Å². The first-order valence-electron chi connectivity index (χ1n) is 8.14. The molecular formula is C19H18N4O3. The fraction of sp³-hybridized carbons (Fsp3) is 0.158. The lowest BCUT2D eigenvalue weighted by atomic mass is 10.1. The van der Waals surface area contributed by atoms with Gasteiger partial charge in [0.2, 0.25) is 5.91 Å². The summed E-state index contributed by atoms with van der Waals surface area (Å²) in [5, 5.41) is 14.7. The van der Waals surface area contributed by atoms with Crippen LogP contribution in [0.1, 0.15) is 11.1 Å². The Kier molecular flexibility index (Phi) is 5.38. The van der Waals surface area contributed by atoms with Crippen molar-refractivity contribution in [3.63, 3.8) is 0 Å². The maximum atomic E-state index is 12.8. The van der Waals surface area contributed by atoms with E-state index in [0.29, 0.717) is 13.1 Å². The van der Waals surface area contributed by atoms with Crippen LogP contribution >= 0.6 is 0 Å². The Morgan fingerprint density at radius 1 is 1.00 bits per heavy atom. The molecule has 0 aliphatic heterocycles. The van der Waals surface area contributed by atoms with Gasteiger partial charge in [-0.2, -0.15) is 5.10 Å². The number of benzene rings is 2. The summed E-state index contributed by atoms with van der Waals surface area (Å²) in [6.07, 6.45) is 2.41. The molecule has 7 nitrogen and oxygen atoms in total. The summed E-state index contributed by atoms with van der Waals surface area (Å²) in [4.78, 5) is 24.8. The maximum Gasteiger partial charge on any atom is 0.307 e. The zero-order valence-corrected chi connectivity index (χ0v) is 14.1. The summed E-state index contributed by atoms with van der Waals surface area (Å²) in [5.74, 6) is -0.157. The molecule has 1 aromatic heterocycles. The second-order valence-corrected chi connectivity index (χ2v) is 5.87. The van der Waals surface area contributed by atoms with Crippen molar-refractivity contribution < 1.29 is 9.72 Å². The van der Waals surface area contributed by atoms with Crippen molar-refractivity contribution in [2.75, 3.05) is 0 Å². The molecule has 0 spiro atoms. The Hall–Kier alpha value is -3.48. The summed E-state index contributed by atoms with van der Waals surface area (Å²) in [7, 11) is 0. The van der Waals surface area contributed by atoms with Crippen LogP contribution in [0.15, 0.2) is 73.1 Å². The monoisotopic (exact) mass is 350 g/mol. The van der Waals surface area contributed by atoms with Crippen LogP contribution in [0.25, 0.3) is 0 Å². The lowest BCUT2D eigenvalue weighted by molar-refractivity contribution is -0.385. The van der Waals surface area contributed by atoms with E-state index in [1.807, 2.05) is 60.7 Å². The van der Waals surface area contributed by atoms with Crippen LogP contribution < -0.4 is 0 Å². The highest BCUT2D eigenvalue weighted by molar-refractivity contribution is 5.76. The minimum Gasteiger partial charge on any atom is -0.332 e. The van der Waals surface area contributed by atoms with Crippen molar-refractivity contribution in [1.29, 1.82) is 0 Å². The molecular weight excluding hydrogens is 332 g/mol. The Bertz CT molecular complexity index is 837. The van der Waals surface area contributed by atoms with E-state index in [4.69, 9.17) is 0 Å². The van der Waals surface area contributed by atoms with E-state index in [9.17, 15) is 14.9 Å². The van der Waals surface area contributed by atoms with Gasteiger partial charge in [0, 0.05) is 13.1 Å². The standard InChI is InChI=1S/C19H18N4O3/c24-19(15-22-14-18(11-20-22)23(25)26)21(12-16-7-3-1-4-8-16)13-17-9-5-2-6-10-17/h1-11,14H,12-13,15H2. The molecule has 0 unspecified atom stereocenters. The first-order chi connectivity index (χ1) is 12.6. The highest BCUT2D eigenvalue weighted by Crippen LogP contribution is 2.12. The predicted octanol–water partition coefficient (Wildman–Crippen LogP) is 3.02. The first kappa shape index (κ1) is 17.3. The molecule has 0 bridgehead atoms. The van der Waals surface area contributed by atoms with Crippen molar-refractivity contribution in [1.82, 2.24) is 14.7 Å². The first-order valence-corrected chi connectivity index (χ1v) is 8.14. The van der Waals surface area contributed by atoms with Gasteiger partial charge in [0.1, 0.15) is 18.9 Å². The van der Waals surface area contributed by atoms with Gasteiger partial charge in [-0.1, -0.05) is 60.7 Å². The molecule has 3 aromatic rings. The van der Waals surface area contributed by atoms with Crippen molar-refractivity contribution in [2.24, 2.45) is 0 Å². The number of amides is 1. The molecule has 0 aliphatic rings. The molecule has 0 fully saturated rings. The number of hydrogen-bond acceptors (Lipinski definition) is 4. The van der Waals surface area contributed by atoms with Gasteiger partial charge in [0.15, 0.2) is 0 Å². The van der Waals surface area contributed by atoms with Gasteiger partial charge in [-0.15, -0.1) is 0 Å². The van der Waals surface area contributed by atoms with Gasteiger partial charge in [0.05, 0.1) is 4.92 Å². The van der Waals surface area contributed by atoms with Gasteiger partial charge in [-0.3, -0.25) is 19.6 Å². The molecule has 2 aromatic carbocycles. The summed E-state index contributed by atoms with van der Waals surface area (Å²) in [6.45, 7) is 0.864. The zero-order chi connectivity index (χ0) is 18.4. The number of carbonyl (C=O) groups is 1. The minimum absolute atomic E-state index is 0.0481. The molecule has 0 saturated carbocycles. The maximum absolute atomic E-state index is 12.8. The van der Waals surface area contributed by atoms with Crippen LogP contribution in [0.2, 0.25) is 0 Å². The van der Waals surface area contributed by atoms with E-state index in [-0.39, 0.29) is 18.1 Å². The largest absolute Gasteiger partial charge is 0.332 e. The molecule has 132 valence electrons.